The number of nitrogens with one attached hydrogen (secondary N) is 1. The number of benzene rings is 3. The van der Waals surface area contributed by atoms with E-state index < -0.39 is 36.6 Å². The lowest BCUT2D eigenvalue weighted by molar-refractivity contribution is -0.238. The number of unbranched alkanes of at least 4 members (excludes halogenated alkanes) is 5. The molecule has 0 saturated heterocycles. The number of rotatable bonds is 17. The lowest BCUT2D eigenvalue weighted by Crippen LogP contribution is -2.69. The highest BCUT2D eigenvalue weighted by Crippen LogP contribution is 2.31. The number of hydrogen-bond donors (Lipinski definition) is 3. The van der Waals surface area contributed by atoms with Crippen molar-refractivity contribution in [3.63, 3.8) is 0 Å². The summed E-state index contributed by atoms with van der Waals surface area (Å²) in [4.78, 5) is 0. The Hall–Kier alpha value is -2.58. The van der Waals surface area contributed by atoms with Crippen LogP contribution in [0, 0.1) is 0 Å². The van der Waals surface area contributed by atoms with E-state index in [0.29, 0.717) is 19.8 Å². The van der Waals surface area contributed by atoms with Crippen LogP contribution in [0.25, 0.3) is 0 Å². The third-order valence-electron chi connectivity index (χ3n) is 7.82. The molecule has 4 rings (SSSR count). The zero-order valence-electron chi connectivity index (χ0n) is 24.3. The first-order valence-electron chi connectivity index (χ1n) is 15.2. The molecule has 0 aliphatic heterocycles. The third-order valence-corrected chi connectivity index (χ3v) is 7.82. The molecule has 0 bridgehead atoms. The number of aliphatic hydroxyl groups excluding tert-OH is 2. The van der Waals surface area contributed by atoms with Gasteiger partial charge in [-0.15, -0.1) is 0 Å². The highest BCUT2D eigenvalue weighted by Gasteiger charge is 2.51. The lowest BCUT2D eigenvalue weighted by atomic mass is 9.82. The Morgan fingerprint density at radius 3 is 1.49 bits per heavy atom. The summed E-state index contributed by atoms with van der Waals surface area (Å²) in [5, 5.41) is 26.4. The average molecular weight is 562 g/mol. The summed E-state index contributed by atoms with van der Waals surface area (Å²) in [6.07, 6.45) is 2.93. The van der Waals surface area contributed by atoms with E-state index >= 15 is 0 Å². The molecular weight excluding hydrogens is 514 g/mol. The molecule has 0 heterocycles. The molecular formula is C35H47NO5. The Balaban J connectivity index is 1.53. The standard InChI is InChI=1S/C35H47NO5/c1-2-3-4-5-6-16-23-36-30-31(37)32(38)34(40-25-28-19-12-8-13-20-28)35(41-26-29-21-14-9-15-22-29)33(30)39-24-27-17-10-7-11-18-27/h7-15,17-22,30-38H,2-6,16,23-26H2,1H3/t30-,31-,32-,33-,34+,35+/m0/s1. The molecule has 3 aromatic rings. The lowest BCUT2D eigenvalue weighted by Gasteiger charge is -2.47. The normalized spacial score (nSPS) is 24.4. The number of ether oxygens (including phenoxy) is 3. The van der Waals surface area contributed by atoms with Crippen molar-refractivity contribution in [2.45, 2.75) is 102 Å². The van der Waals surface area contributed by atoms with Gasteiger partial charge >= 0.3 is 0 Å². The van der Waals surface area contributed by atoms with E-state index in [-0.39, 0.29) is 0 Å². The minimum Gasteiger partial charge on any atom is -0.389 e. The van der Waals surface area contributed by atoms with E-state index in [0.717, 1.165) is 36.1 Å². The Bertz CT molecular complexity index is 1080. The van der Waals surface area contributed by atoms with Crippen LogP contribution < -0.4 is 5.32 Å². The Kier molecular flexibility index (Phi) is 13.3. The Morgan fingerprint density at radius 1 is 0.537 bits per heavy atom. The second-order valence-electron chi connectivity index (χ2n) is 11.0. The van der Waals surface area contributed by atoms with Gasteiger partial charge in [-0.2, -0.15) is 0 Å². The van der Waals surface area contributed by atoms with Crippen LogP contribution in [0.5, 0.6) is 0 Å². The fourth-order valence-electron chi connectivity index (χ4n) is 5.48. The van der Waals surface area contributed by atoms with Crippen molar-refractivity contribution in [2.75, 3.05) is 6.54 Å². The van der Waals surface area contributed by atoms with E-state index in [2.05, 4.69) is 12.2 Å². The van der Waals surface area contributed by atoms with Crippen molar-refractivity contribution in [3.8, 4) is 0 Å². The van der Waals surface area contributed by atoms with Crippen LogP contribution in [-0.4, -0.2) is 53.3 Å². The maximum absolute atomic E-state index is 11.4. The van der Waals surface area contributed by atoms with Gasteiger partial charge < -0.3 is 29.7 Å². The van der Waals surface area contributed by atoms with E-state index in [1.165, 1.54) is 25.7 Å². The SMILES string of the molecule is CCCCCCCCN[C@H]1[C@H](O)[C@H](O)[C@@H](OCc2ccccc2)[C@H](OCc2ccccc2)[C@H]1OCc1ccccc1. The van der Waals surface area contributed by atoms with Crippen LogP contribution in [0.15, 0.2) is 91.0 Å². The first kappa shape index (κ1) is 31.4. The van der Waals surface area contributed by atoms with Crippen LogP contribution in [0.3, 0.4) is 0 Å². The molecule has 1 aliphatic carbocycles. The molecule has 41 heavy (non-hydrogen) atoms. The largest absolute Gasteiger partial charge is 0.389 e. The topological polar surface area (TPSA) is 80.2 Å². The third kappa shape index (κ3) is 9.74. The summed E-state index contributed by atoms with van der Waals surface area (Å²) in [5.74, 6) is 0. The van der Waals surface area contributed by atoms with Gasteiger partial charge in [0.1, 0.15) is 30.5 Å². The highest BCUT2D eigenvalue weighted by atomic mass is 16.6. The Labute approximate surface area is 245 Å². The molecule has 0 amide bonds. The molecule has 0 unspecified atom stereocenters. The molecule has 0 aromatic heterocycles. The molecule has 6 atom stereocenters. The molecule has 1 aliphatic rings. The van der Waals surface area contributed by atoms with Gasteiger partial charge in [0.2, 0.25) is 0 Å². The van der Waals surface area contributed by atoms with E-state index in [1.807, 2.05) is 91.0 Å². The predicted molar refractivity (Wildman–Crippen MR) is 162 cm³/mol. The molecule has 222 valence electrons. The molecule has 3 aromatic carbocycles. The second-order valence-corrected chi connectivity index (χ2v) is 11.0. The van der Waals surface area contributed by atoms with E-state index in [4.69, 9.17) is 14.2 Å². The molecule has 0 radical (unpaired) electrons. The molecule has 1 saturated carbocycles. The fraction of sp³-hybridized carbons (Fsp3) is 0.486. The first-order valence-corrected chi connectivity index (χ1v) is 15.2. The molecule has 6 nitrogen and oxygen atoms in total. The van der Waals surface area contributed by atoms with Gasteiger partial charge in [0, 0.05) is 0 Å². The molecule has 3 N–H and O–H groups in total. The molecule has 0 spiro atoms. The maximum atomic E-state index is 11.4. The first-order chi connectivity index (χ1) is 20.2. The fourth-order valence-corrected chi connectivity index (χ4v) is 5.48. The summed E-state index contributed by atoms with van der Waals surface area (Å²) < 4.78 is 19.4. The summed E-state index contributed by atoms with van der Waals surface area (Å²) >= 11 is 0. The summed E-state index contributed by atoms with van der Waals surface area (Å²) in [5.41, 5.74) is 3.04. The smallest absolute Gasteiger partial charge is 0.115 e. The van der Waals surface area contributed by atoms with Gasteiger partial charge in [-0.1, -0.05) is 130 Å². The monoisotopic (exact) mass is 561 g/mol. The van der Waals surface area contributed by atoms with E-state index in [1.54, 1.807) is 0 Å². The van der Waals surface area contributed by atoms with Crippen LogP contribution >= 0.6 is 0 Å². The zero-order valence-corrected chi connectivity index (χ0v) is 24.3. The van der Waals surface area contributed by atoms with Crippen molar-refractivity contribution in [2.24, 2.45) is 0 Å². The number of aliphatic hydroxyl groups is 2. The summed E-state index contributed by atoms with van der Waals surface area (Å²) in [6, 6.07) is 29.3. The average Bonchev–Trinajstić information content (AvgIpc) is 3.02. The van der Waals surface area contributed by atoms with Gasteiger partial charge in [0.05, 0.1) is 25.9 Å². The van der Waals surface area contributed by atoms with Crippen LogP contribution in [0.4, 0.5) is 0 Å². The molecule has 1 fully saturated rings. The van der Waals surface area contributed by atoms with Gasteiger partial charge in [0.25, 0.3) is 0 Å². The van der Waals surface area contributed by atoms with Crippen LogP contribution in [0.1, 0.15) is 62.1 Å². The van der Waals surface area contributed by atoms with Crippen LogP contribution in [0.2, 0.25) is 0 Å². The van der Waals surface area contributed by atoms with E-state index in [9.17, 15) is 10.2 Å². The van der Waals surface area contributed by atoms with Crippen molar-refractivity contribution in [3.05, 3.63) is 108 Å². The highest BCUT2D eigenvalue weighted by molar-refractivity contribution is 5.16. The quantitative estimate of drug-likeness (QED) is 0.181. The van der Waals surface area contributed by atoms with Crippen molar-refractivity contribution in [1.29, 1.82) is 0 Å². The minimum absolute atomic E-state index is 0.293. The number of hydrogen-bond acceptors (Lipinski definition) is 6. The van der Waals surface area contributed by atoms with Gasteiger partial charge in [0.15, 0.2) is 0 Å². The second kappa shape index (κ2) is 17.4. The van der Waals surface area contributed by atoms with Gasteiger partial charge in [-0.25, -0.2) is 0 Å². The van der Waals surface area contributed by atoms with Gasteiger partial charge in [-0.3, -0.25) is 0 Å². The van der Waals surface area contributed by atoms with Gasteiger partial charge in [-0.05, 0) is 29.7 Å². The minimum atomic E-state index is -1.14. The summed E-state index contributed by atoms with van der Waals surface area (Å²) in [6.45, 7) is 3.95. The van der Waals surface area contributed by atoms with Crippen molar-refractivity contribution in [1.82, 2.24) is 5.32 Å². The zero-order chi connectivity index (χ0) is 28.7. The van der Waals surface area contributed by atoms with Crippen LogP contribution in [-0.2, 0) is 34.0 Å². The Morgan fingerprint density at radius 2 is 0.976 bits per heavy atom. The predicted octanol–water partition coefficient (Wildman–Crippen LogP) is 5.80. The van der Waals surface area contributed by atoms with Crippen molar-refractivity contribution < 1.29 is 24.4 Å². The summed E-state index contributed by atoms with van der Waals surface area (Å²) in [7, 11) is 0. The molecule has 6 heteroatoms. The van der Waals surface area contributed by atoms with Crippen molar-refractivity contribution >= 4 is 0 Å². The maximum Gasteiger partial charge on any atom is 0.115 e.